The van der Waals surface area contributed by atoms with Gasteiger partial charge in [-0.25, -0.2) is 4.79 Å². The molecule has 0 saturated carbocycles. The van der Waals surface area contributed by atoms with E-state index < -0.39 is 60.6 Å². The van der Waals surface area contributed by atoms with Crippen LogP contribution in [-0.2, 0) is 19.2 Å². The summed E-state index contributed by atoms with van der Waals surface area (Å²) in [6.45, 7) is 4.37. The Bertz CT molecular complexity index is 696. The number of aliphatic carboxylic acids is 1. The molecule has 33 heavy (non-hydrogen) atoms. The van der Waals surface area contributed by atoms with Gasteiger partial charge in [0.2, 0.25) is 17.7 Å². The van der Waals surface area contributed by atoms with Gasteiger partial charge in [0.05, 0.1) is 12.7 Å². The number of carbonyl (C=O) groups is 4. The van der Waals surface area contributed by atoms with Gasteiger partial charge >= 0.3 is 5.97 Å². The number of aliphatic imine (C=N–C) groups is 1. The van der Waals surface area contributed by atoms with Crippen molar-refractivity contribution in [3.05, 3.63) is 0 Å². The van der Waals surface area contributed by atoms with Crippen molar-refractivity contribution in [3.63, 3.8) is 0 Å². The molecule has 0 aromatic rings. The number of aliphatic hydroxyl groups excluding tert-OH is 2. The number of hydrogen-bond acceptors (Lipinski definition) is 8. The maximum Gasteiger partial charge on any atom is 0.328 e. The van der Waals surface area contributed by atoms with Gasteiger partial charge in [-0.05, 0) is 32.1 Å². The Labute approximate surface area is 192 Å². The lowest BCUT2D eigenvalue weighted by Crippen LogP contribution is -2.58. The molecule has 0 aliphatic carbocycles. The molecule has 14 heteroatoms. The van der Waals surface area contributed by atoms with Crippen LogP contribution in [0.4, 0.5) is 0 Å². The van der Waals surface area contributed by atoms with Crippen molar-refractivity contribution in [2.24, 2.45) is 28.1 Å². The smallest absolute Gasteiger partial charge is 0.328 e. The zero-order valence-electron chi connectivity index (χ0n) is 19.2. The summed E-state index contributed by atoms with van der Waals surface area (Å²) in [6, 6.07) is -5.09. The normalized spacial score (nSPS) is 15.5. The molecule has 0 radical (unpaired) electrons. The topological polar surface area (TPSA) is 255 Å². The molecule has 0 heterocycles. The number of nitrogens with one attached hydrogen (secondary N) is 3. The quantitative estimate of drug-likeness (QED) is 0.0636. The molecule has 3 amide bonds. The van der Waals surface area contributed by atoms with Gasteiger partial charge in [0.1, 0.15) is 18.1 Å². The molecule has 0 aliphatic heterocycles. The lowest BCUT2D eigenvalue weighted by atomic mass is 10.0. The van der Waals surface area contributed by atoms with Crippen molar-refractivity contribution in [2.75, 3.05) is 13.2 Å². The highest BCUT2D eigenvalue weighted by atomic mass is 16.4. The summed E-state index contributed by atoms with van der Waals surface area (Å²) >= 11 is 0. The summed E-state index contributed by atoms with van der Waals surface area (Å²) in [5.74, 6) is -3.91. The van der Waals surface area contributed by atoms with Crippen LogP contribution in [0.1, 0.15) is 40.0 Å². The third-order valence-corrected chi connectivity index (χ3v) is 4.50. The predicted molar refractivity (Wildman–Crippen MR) is 120 cm³/mol. The van der Waals surface area contributed by atoms with Crippen molar-refractivity contribution < 1.29 is 34.5 Å². The molecule has 0 aromatic heterocycles. The Kier molecular flexibility index (Phi) is 13.6. The summed E-state index contributed by atoms with van der Waals surface area (Å²) in [7, 11) is 0. The highest BCUT2D eigenvalue weighted by molar-refractivity contribution is 5.94. The first-order valence-electron chi connectivity index (χ1n) is 10.5. The number of hydrogen-bond donors (Lipinski definition) is 9. The Morgan fingerprint density at radius 3 is 1.94 bits per heavy atom. The number of rotatable bonds is 15. The van der Waals surface area contributed by atoms with E-state index in [2.05, 4.69) is 20.9 Å². The highest BCUT2D eigenvalue weighted by Gasteiger charge is 2.31. The number of carbonyl (C=O) groups excluding carboxylic acids is 3. The second-order valence-corrected chi connectivity index (χ2v) is 8.05. The Balaban J connectivity index is 5.57. The van der Waals surface area contributed by atoms with E-state index in [0.29, 0.717) is 0 Å². The maximum absolute atomic E-state index is 12.9. The first-order chi connectivity index (χ1) is 15.3. The number of amides is 3. The van der Waals surface area contributed by atoms with E-state index in [4.69, 9.17) is 22.3 Å². The third kappa shape index (κ3) is 12.0. The predicted octanol–water partition coefficient (Wildman–Crippen LogP) is -3.67. The van der Waals surface area contributed by atoms with Crippen LogP contribution in [0.25, 0.3) is 0 Å². The van der Waals surface area contributed by atoms with Gasteiger partial charge in [0.25, 0.3) is 0 Å². The van der Waals surface area contributed by atoms with Crippen LogP contribution in [0.3, 0.4) is 0 Å². The van der Waals surface area contributed by atoms with Crippen molar-refractivity contribution >= 4 is 29.7 Å². The van der Waals surface area contributed by atoms with Crippen LogP contribution in [0.2, 0.25) is 0 Å². The lowest BCUT2D eigenvalue weighted by molar-refractivity contribution is -0.145. The maximum atomic E-state index is 12.9. The summed E-state index contributed by atoms with van der Waals surface area (Å²) in [4.78, 5) is 52.8. The van der Waals surface area contributed by atoms with Crippen molar-refractivity contribution in [1.82, 2.24) is 16.0 Å². The van der Waals surface area contributed by atoms with Crippen LogP contribution in [0.5, 0.6) is 0 Å². The molecular formula is C19H37N7O7. The van der Waals surface area contributed by atoms with Gasteiger partial charge in [-0.1, -0.05) is 13.8 Å². The number of carboxylic acid groups (broad SMARTS) is 1. The average Bonchev–Trinajstić information content (AvgIpc) is 2.71. The molecule has 0 bridgehead atoms. The first-order valence-corrected chi connectivity index (χ1v) is 10.5. The molecule has 0 saturated heterocycles. The largest absolute Gasteiger partial charge is 0.480 e. The molecule has 0 spiro atoms. The zero-order chi connectivity index (χ0) is 25.7. The molecule has 5 unspecified atom stereocenters. The van der Waals surface area contributed by atoms with Gasteiger partial charge in [0, 0.05) is 6.54 Å². The Hall–Kier alpha value is -2.97. The van der Waals surface area contributed by atoms with Crippen LogP contribution >= 0.6 is 0 Å². The standard InChI is InChI=1S/C19H37N7O7/c1-9(2)7-13(25-15(29)11(20)8-27)17(31)24-12(5-4-6-23-19(21)22)16(30)26-14(10(3)28)18(32)33/h9-14,27-28H,4-8,20H2,1-3H3,(H,24,31)(H,25,29)(H,26,30)(H,32,33)(H4,21,22,23). The molecule has 12 N–H and O–H groups in total. The van der Waals surface area contributed by atoms with E-state index in [9.17, 15) is 29.4 Å². The van der Waals surface area contributed by atoms with Crippen molar-refractivity contribution in [2.45, 2.75) is 70.3 Å². The van der Waals surface area contributed by atoms with E-state index in [0.717, 1.165) is 0 Å². The van der Waals surface area contributed by atoms with E-state index in [1.54, 1.807) is 0 Å². The summed E-state index contributed by atoms with van der Waals surface area (Å²) < 4.78 is 0. The molecule has 0 fully saturated rings. The van der Waals surface area contributed by atoms with E-state index in [1.807, 2.05) is 13.8 Å². The van der Waals surface area contributed by atoms with E-state index in [1.165, 1.54) is 6.92 Å². The number of guanidine groups is 1. The monoisotopic (exact) mass is 475 g/mol. The Morgan fingerprint density at radius 2 is 1.48 bits per heavy atom. The summed E-state index contributed by atoms with van der Waals surface area (Å²) in [5.41, 5.74) is 16.0. The minimum atomic E-state index is -1.59. The molecular weight excluding hydrogens is 438 g/mol. The molecule has 0 rings (SSSR count). The average molecular weight is 476 g/mol. The third-order valence-electron chi connectivity index (χ3n) is 4.50. The SMILES string of the molecule is CC(C)CC(NC(=O)C(N)CO)C(=O)NC(CCCN=C(N)N)C(=O)NC(C(=O)O)C(C)O. The summed E-state index contributed by atoms with van der Waals surface area (Å²) in [6.07, 6.45) is -0.876. The molecule has 5 atom stereocenters. The Morgan fingerprint density at radius 1 is 0.939 bits per heavy atom. The number of carboxylic acids is 1. The molecule has 14 nitrogen and oxygen atoms in total. The molecule has 190 valence electrons. The van der Waals surface area contributed by atoms with E-state index >= 15 is 0 Å². The number of nitrogens with two attached hydrogens (primary N) is 3. The minimum Gasteiger partial charge on any atom is -0.480 e. The van der Waals surface area contributed by atoms with Gasteiger partial charge < -0.3 is 48.5 Å². The van der Waals surface area contributed by atoms with Crippen molar-refractivity contribution in [1.29, 1.82) is 0 Å². The fraction of sp³-hybridized carbons (Fsp3) is 0.737. The van der Waals surface area contributed by atoms with Gasteiger partial charge in [0.15, 0.2) is 12.0 Å². The van der Waals surface area contributed by atoms with Crippen LogP contribution < -0.4 is 33.2 Å². The number of aliphatic hydroxyl groups is 2. The fourth-order valence-corrected chi connectivity index (χ4v) is 2.75. The highest BCUT2D eigenvalue weighted by Crippen LogP contribution is 2.08. The van der Waals surface area contributed by atoms with Crippen molar-refractivity contribution in [3.8, 4) is 0 Å². The van der Waals surface area contributed by atoms with Crippen LogP contribution in [-0.4, -0.2) is 88.4 Å². The minimum absolute atomic E-state index is 0.0211. The molecule has 0 aromatic carbocycles. The van der Waals surface area contributed by atoms with Gasteiger partial charge in [-0.15, -0.1) is 0 Å². The second-order valence-electron chi connectivity index (χ2n) is 8.05. The van der Waals surface area contributed by atoms with Crippen LogP contribution in [0.15, 0.2) is 4.99 Å². The summed E-state index contributed by atoms with van der Waals surface area (Å²) in [5, 5.41) is 35.0. The molecule has 0 aliphatic rings. The zero-order valence-corrected chi connectivity index (χ0v) is 19.2. The van der Waals surface area contributed by atoms with E-state index in [-0.39, 0.29) is 37.7 Å². The lowest BCUT2D eigenvalue weighted by Gasteiger charge is -2.26. The van der Waals surface area contributed by atoms with Gasteiger partial charge in [-0.3, -0.25) is 19.4 Å². The van der Waals surface area contributed by atoms with Gasteiger partial charge in [-0.2, -0.15) is 0 Å². The second kappa shape index (κ2) is 15.0. The fourth-order valence-electron chi connectivity index (χ4n) is 2.75. The number of nitrogens with zero attached hydrogens (tertiary/aromatic N) is 1. The van der Waals surface area contributed by atoms with Crippen LogP contribution in [0, 0.1) is 5.92 Å². The first kappa shape index (κ1) is 30.0.